The van der Waals surface area contributed by atoms with Crippen molar-refractivity contribution in [1.82, 2.24) is 5.48 Å². The molecular weight excluding hydrogens is 191 g/mol. The van der Waals surface area contributed by atoms with E-state index < -0.39 is 18.8 Å². The molecule has 0 aliphatic carbocycles. The minimum absolute atomic E-state index is 0.276. The number of carbonyl (C=O) groups is 1. The fourth-order valence-corrected chi connectivity index (χ4v) is 0.347. The van der Waals surface area contributed by atoms with Crippen molar-refractivity contribution in [2.24, 2.45) is 0 Å². The first kappa shape index (κ1) is 11.9. The van der Waals surface area contributed by atoms with Crippen molar-refractivity contribution >= 4 is 5.97 Å². The molecule has 0 aromatic heterocycles. The van der Waals surface area contributed by atoms with E-state index in [-0.39, 0.29) is 12.1 Å². The molecule has 0 rings (SSSR count). The van der Waals surface area contributed by atoms with Crippen LogP contribution in [-0.2, 0) is 9.63 Å². The van der Waals surface area contributed by atoms with E-state index in [4.69, 9.17) is 5.11 Å². The van der Waals surface area contributed by atoms with Crippen molar-refractivity contribution in [2.75, 3.05) is 13.2 Å². The van der Waals surface area contributed by atoms with Crippen molar-refractivity contribution in [3.05, 3.63) is 12.2 Å². The SMILES string of the molecule is C=C(CNOCC(F)(F)F)C(=O)O. The Morgan fingerprint density at radius 2 is 2.08 bits per heavy atom. The fraction of sp³-hybridized carbons (Fsp3) is 0.500. The van der Waals surface area contributed by atoms with E-state index in [1.807, 2.05) is 5.48 Å². The molecule has 0 amide bonds. The van der Waals surface area contributed by atoms with Crippen LogP contribution in [0.5, 0.6) is 0 Å². The van der Waals surface area contributed by atoms with Gasteiger partial charge in [0, 0.05) is 5.57 Å². The summed E-state index contributed by atoms with van der Waals surface area (Å²) in [4.78, 5) is 14.0. The van der Waals surface area contributed by atoms with Gasteiger partial charge in [-0.25, -0.2) is 4.79 Å². The summed E-state index contributed by atoms with van der Waals surface area (Å²) < 4.78 is 34.3. The molecule has 2 N–H and O–H groups in total. The summed E-state index contributed by atoms with van der Waals surface area (Å²) in [6.45, 7) is 1.24. The smallest absolute Gasteiger partial charge is 0.413 e. The van der Waals surface area contributed by atoms with E-state index in [1.54, 1.807) is 0 Å². The molecule has 0 aromatic carbocycles. The lowest BCUT2D eigenvalue weighted by molar-refractivity contribution is -0.188. The zero-order valence-corrected chi connectivity index (χ0v) is 6.52. The zero-order chi connectivity index (χ0) is 10.5. The van der Waals surface area contributed by atoms with Crippen LogP contribution in [0.4, 0.5) is 13.2 Å². The molecule has 0 unspecified atom stereocenters. The highest BCUT2D eigenvalue weighted by atomic mass is 19.4. The Hall–Kier alpha value is -1.08. The van der Waals surface area contributed by atoms with Gasteiger partial charge < -0.3 is 5.11 Å². The van der Waals surface area contributed by atoms with Gasteiger partial charge in [0.25, 0.3) is 0 Å². The van der Waals surface area contributed by atoms with Crippen LogP contribution in [0, 0.1) is 0 Å². The molecule has 0 spiro atoms. The molecule has 0 aliphatic heterocycles. The van der Waals surface area contributed by atoms with Gasteiger partial charge >= 0.3 is 12.1 Å². The number of alkyl halides is 3. The Labute approximate surface area is 71.9 Å². The maximum atomic E-state index is 11.4. The van der Waals surface area contributed by atoms with E-state index in [1.165, 1.54) is 0 Å². The van der Waals surface area contributed by atoms with E-state index >= 15 is 0 Å². The molecule has 0 bridgehead atoms. The summed E-state index contributed by atoms with van der Waals surface area (Å²) in [6, 6.07) is 0. The van der Waals surface area contributed by atoms with Gasteiger partial charge in [-0.1, -0.05) is 6.58 Å². The van der Waals surface area contributed by atoms with Gasteiger partial charge in [0.05, 0.1) is 6.54 Å². The van der Waals surface area contributed by atoms with Crippen LogP contribution in [0.3, 0.4) is 0 Å². The molecule has 0 fully saturated rings. The van der Waals surface area contributed by atoms with Gasteiger partial charge in [0.2, 0.25) is 0 Å². The second-order valence-corrected chi connectivity index (χ2v) is 2.13. The highest BCUT2D eigenvalue weighted by molar-refractivity contribution is 5.86. The molecule has 7 heteroatoms. The van der Waals surface area contributed by atoms with Crippen molar-refractivity contribution in [1.29, 1.82) is 0 Å². The fourth-order valence-electron chi connectivity index (χ4n) is 0.347. The molecule has 0 aromatic rings. The van der Waals surface area contributed by atoms with Crippen molar-refractivity contribution in [2.45, 2.75) is 6.18 Å². The lowest BCUT2D eigenvalue weighted by Crippen LogP contribution is -2.27. The standard InChI is InChI=1S/C6H8F3NO3/c1-4(5(11)12)2-10-13-3-6(7,8)9/h10H,1-3H2,(H,11,12). The van der Waals surface area contributed by atoms with Gasteiger partial charge in [0.1, 0.15) is 0 Å². The molecule has 0 aliphatic rings. The number of hydroxylamine groups is 1. The van der Waals surface area contributed by atoms with Crippen molar-refractivity contribution in [3.8, 4) is 0 Å². The van der Waals surface area contributed by atoms with Gasteiger partial charge in [-0.15, -0.1) is 0 Å². The molecule has 0 atom stereocenters. The molecule has 0 radical (unpaired) electrons. The molecule has 13 heavy (non-hydrogen) atoms. The topological polar surface area (TPSA) is 58.6 Å². The maximum Gasteiger partial charge on any atom is 0.413 e. The number of rotatable bonds is 5. The minimum atomic E-state index is -4.43. The van der Waals surface area contributed by atoms with Crippen LogP contribution >= 0.6 is 0 Å². The highest BCUT2D eigenvalue weighted by Crippen LogP contribution is 2.13. The third-order valence-corrected chi connectivity index (χ3v) is 0.926. The molecule has 0 saturated carbocycles. The number of halogens is 3. The third kappa shape index (κ3) is 7.29. The molecule has 4 nitrogen and oxygen atoms in total. The number of aliphatic carboxylic acids is 1. The van der Waals surface area contributed by atoms with Gasteiger partial charge in [0.15, 0.2) is 6.61 Å². The van der Waals surface area contributed by atoms with Crippen LogP contribution in [0.2, 0.25) is 0 Å². The first-order chi connectivity index (χ1) is 5.83. The van der Waals surface area contributed by atoms with Gasteiger partial charge in [-0.05, 0) is 0 Å². The Morgan fingerprint density at radius 3 is 2.46 bits per heavy atom. The summed E-state index contributed by atoms with van der Waals surface area (Å²) in [5.74, 6) is -1.29. The quantitative estimate of drug-likeness (QED) is 0.389. The summed E-state index contributed by atoms with van der Waals surface area (Å²) in [6.07, 6.45) is -4.43. The first-order valence-electron chi connectivity index (χ1n) is 3.15. The third-order valence-electron chi connectivity index (χ3n) is 0.926. The molecule has 76 valence electrons. The maximum absolute atomic E-state index is 11.4. The Balaban J connectivity index is 3.47. The van der Waals surface area contributed by atoms with Crippen LogP contribution < -0.4 is 5.48 Å². The van der Waals surface area contributed by atoms with Gasteiger partial charge in [-0.2, -0.15) is 18.7 Å². The monoisotopic (exact) mass is 199 g/mol. The number of hydrogen-bond donors (Lipinski definition) is 2. The molecule has 0 saturated heterocycles. The minimum Gasteiger partial charge on any atom is -0.478 e. The van der Waals surface area contributed by atoms with E-state index in [2.05, 4.69) is 11.4 Å². The normalized spacial score (nSPS) is 11.3. The lowest BCUT2D eigenvalue weighted by atomic mass is 10.3. The number of hydrogen-bond acceptors (Lipinski definition) is 3. The Bertz CT molecular complexity index is 202. The van der Waals surface area contributed by atoms with Crippen LogP contribution in [0.25, 0.3) is 0 Å². The highest BCUT2D eigenvalue weighted by Gasteiger charge is 2.27. The largest absolute Gasteiger partial charge is 0.478 e. The van der Waals surface area contributed by atoms with E-state index in [0.717, 1.165) is 0 Å². The summed E-state index contributed by atoms with van der Waals surface area (Å²) in [5.41, 5.74) is 1.55. The predicted molar refractivity (Wildman–Crippen MR) is 36.8 cm³/mol. The second-order valence-electron chi connectivity index (χ2n) is 2.13. The van der Waals surface area contributed by atoms with Crippen LogP contribution in [0.15, 0.2) is 12.2 Å². The van der Waals surface area contributed by atoms with E-state index in [9.17, 15) is 18.0 Å². The predicted octanol–water partition coefficient (Wildman–Crippen LogP) is 0.711. The first-order valence-corrected chi connectivity index (χ1v) is 3.15. The summed E-state index contributed by atoms with van der Waals surface area (Å²) in [5, 5.41) is 8.22. The van der Waals surface area contributed by atoms with Gasteiger partial charge in [-0.3, -0.25) is 4.84 Å². The molecule has 0 heterocycles. The second kappa shape index (κ2) is 4.83. The average Bonchev–Trinajstić information content (AvgIpc) is 1.95. The van der Waals surface area contributed by atoms with Crippen LogP contribution in [-0.4, -0.2) is 30.4 Å². The lowest BCUT2D eigenvalue weighted by Gasteiger charge is -2.07. The summed E-state index contributed by atoms with van der Waals surface area (Å²) in [7, 11) is 0. The summed E-state index contributed by atoms with van der Waals surface area (Å²) >= 11 is 0. The Morgan fingerprint density at radius 1 is 1.54 bits per heavy atom. The number of nitrogens with one attached hydrogen (secondary N) is 1. The molecular formula is C6H8F3NO3. The van der Waals surface area contributed by atoms with E-state index in [0.29, 0.717) is 0 Å². The van der Waals surface area contributed by atoms with Crippen LogP contribution in [0.1, 0.15) is 0 Å². The van der Waals surface area contributed by atoms with Crippen molar-refractivity contribution < 1.29 is 27.9 Å². The number of carboxylic acids is 1. The number of carboxylic acid groups (broad SMARTS) is 1. The average molecular weight is 199 g/mol. The zero-order valence-electron chi connectivity index (χ0n) is 6.52. The van der Waals surface area contributed by atoms with Crippen molar-refractivity contribution in [3.63, 3.8) is 0 Å². The Kier molecular flexibility index (Phi) is 4.43.